The average molecular weight is 566 g/mol. The summed E-state index contributed by atoms with van der Waals surface area (Å²) in [5, 5.41) is 3.53. The highest BCUT2D eigenvalue weighted by atomic mass is 35.5. The number of hydrogen-bond donors (Lipinski definition) is 1. The van der Waals surface area contributed by atoms with Gasteiger partial charge < -0.3 is 15.0 Å². The Balaban J connectivity index is 2.17. The van der Waals surface area contributed by atoms with Crippen molar-refractivity contribution in [2.24, 2.45) is 0 Å². The molecule has 2 amide bonds. The van der Waals surface area contributed by atoms with Crippen LogP contribution in [0.4, 0.5) is 5.69 Å². The molecule has 0 aliphatic heterocycles. The number of nitrogens with zero attached hydrogens (tertiary/aromatic N) is 2. The molecule has 1 unspecified atom stereocenters. The van der Waals surface area contributed by atoms with E-state index in [0.717, 1.165) is 24.7 Å². The fourth-order valence-corrected chi connectivity index (χ4v) is 5.18. The molecular formula is C28H40ClN3O5S. The van der Waals surface area contributed by atoms with Crippen LogP contribution in [0.3, 0.4) is 0 Å². The lowest BCUT2D eigenvalue weighted by molar-refractivity contribution is -0.141. The third-order valence-electron chi connectivity index (χ3n) is 6.07. The topological polar surface area (TPSA) is 96.0 Å². The number of nitrogens with one attached hydrogen (secondary N) is 1. The van der Waals surface area contributed by atoms with Crippen molar-refractivity contribution in [1.29, 1.82) is 0 Å². The monoisotopic (exact) mass is 565 g/mol. The molecule has 0 aliphatic rings. The summed E-state index contributed by atoms with van der Waals surface area (Å²) in [5.41, 5.74) is 1.36. The molecule has 2 aromatic rings. The molecule has 2 rings (SSSR count). The fraction of sp³-hybridized carbons (Fsp3) is 0.500. The molecule has 0 radical (unpaired) electrons. The van der Waals surface area contributed by atoms with E-state index < -0.39 is 16.1 Å². The number of unbranched alkanes of at least 4 members (excludes halogenated alkanes) is 1. The molecule has 0 bridgehead atoms. The van der Waals surface area contributed by atoms with Crippen LogP contribution in [0.15, 0.2) is 48.5 Å². The summed E-state index contributed by atoms with van der Waals surface area (Å²) in [7, 11) is -3.57. The molecule has 0 saturated heterocycles. The van der Waals surface area contributed by atoms with Gasteiger partial charge in [-0.3, -0.25) is 13.9 Å². The van der Waals surface area contributed by atoms with E-state index in [-0.39, 0.29) is 31.3 Å². The normalized spacial score (nSPS) is 12.0. The summed E-state index contributed by atoms with van der Waals surface area (Å²) < 4.78 is 31.8. The first-order chi connectivity index (χ1) is 18.1. The first-order valence-corrected chi connectivity index (χ1v) is 15.3. The molecular weight excluding hydrogens is 526 g/mol. The molecule has 0 spiro atoms. The van der Waals surface area contributed by atoms with Crippen LogP contribution in [0, 0.1) is 0 Å². The van der Waals surface area contributed by atoms with Crippen LogP contribution in [-0.2, 0) is 26.2 Å². The van der Waals surface area contributed by atoms with Gasteiger partial charge in [0.2, 0.25) is 21.8 Å². The number of benzene rings is 2. The van der Waals surface area contributed by atoms with Gasteiger partial charge in [-0.15, -0.1) is 0 Å². The van der Waals surface area contributed by atoms with Crippen molar-refractivity contribution >= 4 is 39.1 Å². The van der Waals surface area contributed by atoms with Crippen LogP contribution in [-0.4, -0.2) is 57.1 Å². The molecule has 1 N–H and O–H groups in total. The van der Waals surface area contributed by atoms with Crippen molar-refractivity contribution in [2.45, 2.75) is 65.5 Å². The minimum Gasteiger partial charge on any atom is -0.494 e. The molecule has 8 nitrogen and oxygen atoms in total. The second kappa shape index (κ2) is 15.6. The summed E-state index contributed by atoms with van der Waals surface area (Å²) in [6.07, 6.45) is 3.81. The number of amides is 2. The second-order valence-electron chi connectivity index (χ2n) is 9.08. The maximum absolute atomic E-state index is 13.5. The Morgan fingerprint density at radius 1 is 1.00 bits per heavy atom. The number of hydrogen-bond acceptors (Lipinski definition) is 5. The van der Waals surface area contributed by atoms with E-state index in [2.05, 4.69) is 5.32 Å². The SMILES string of the molecule is CCCCNC(=O)C(CC)N(Cc1ccc(Cl)cc1)C(=O)CCCN(c1ccc(OCC)cc1)S(C)(=O)=O. The highest BCUT2D eigenvalue weighted by Gasteiger charge is 2.28. The van der Waals surface area contributed by atoms with Gasteiger partial charge in [-0.1, -0.05) is 44.0 Å². The Hall–Kier alpha value is -2.78. The zero-order valence-corrected chi connectivity index (χ0v) is 24.4. The molecule has 2 aromatic carbocycles. The van der Waals surface area contributed by atoms with Crippen molar-refractivity contribution in [3.8, 4) is 5.75 Å². The molecule has 0 heterocycles. The predicted molar refractivity (Wildman–Crippen MR) is 153 cm³/mol. The fourth-order valence-electron chi connectivity index (χ4n) is 4.09. The first-order valence-electron chi connectivity index (χ1n) is 13.1. The Morgan fingerprint density at radius 3 is 2.21 bits per heavy atom. The maximum Gasteiger partial charge on any atom is 0.242 e. The number of anilines is 1. The molecule has 38 heavy (non-hydrogen) atoms. The Morgan fingerprint density at radius 2 is 1.66 bits per heavy atom. The van der Waals surface area contributed by atoms with Gasteiger partial charge in [0, 0.05) is 31.1 Å². The van der Waals surface area contributed by atoms with E-state index in [9.17, 15) is 18.0 Å². The Kier molecular flexibility index (Phi) is 12.9. The summed E-state index contributed by atoms with van der Waals surface area (Å²) >= 11 is 6.03. The van der Waals surface area contributed by atoms with Gasteiger partial charge >= 0.3 is 0 Å². The summed E-state index contributed by atoms with van der Waals surface area (Å²) in [5.74, 6) is 0.258. The van der Waals surface area contributed by atoms with E-state index in [4.69, 9.17) is 16.3 Å². The van der Waals surface area contributed by atoms with Crippen molar-refractivity contribution in [3.63, 3.8) is 0 Å². The lowest BCUT2D eigenvalue weighted by Gasteiger charge is -2.31. The number of carbonyl (C=O) groups is 2. The van der Waals surface area contributed by atoms with E-state index in [1.807, 2.05) is 32.9 Å². The Labute approximate surface area is 232 Å². The van der Waals surface area contributed by atoms with Gasteiger partial charge in [-0.25, -0.2) is 8.42 Å². The van der Waals surface area contributed by atoms with E-state index in [1.165, 1.54) is 4.31 Å². The van der Waals surface area contributed by atoms with E-state index in [1.54, 1.807) is 41.3 Å². The van der Waals surface area contributed by atoms with E-state index >= 15 is 0 Å². The highest BCUT2D eigenvalue weighted by molar-refractivity contribution is 7.92. The quantitative estimate of drug-likeness (QED) is 0.289. The molecule has 10 heteroatoms. The van der Waals surface area contributed by atoms with Gasteiger partial charge in [-0.2, -0.15) is 0 Å². The standard InChI is InChI=1S/C28H40ClN3O5S/c1-5-8-19-30-28(34)26(6-2)31(21-22-11-13-23(29)14-12-22)27(33)10-9-20-32(38(4,35)36)24-15-17-25(18-16-24)37-7-3/h11-18,26H,5-10,19-21H2,1-4H3,(H,30,34). The molecule has 0 saturated carbocycles. The number of carbonyl (C=O) groups excluding carboxylic acids is 2. The lowest BCUT2D eigenvalue weighted by atomic mass is 10.1. The molecule has 1 atom stereocenters. The van der Waals surface area contributed by atoms with Crippen molar-refractivity contribution < 1.29 is 22.7 Å². The molecule has 0 aliphatic carbocycles. The van der Waals surface area contributed by atoms with Crippen LogP contribution in [0.5, 0.6) is 5.75 Å². The Bertz CT molecular complexity index is 1120. The maximum atomic E-state index is 13.5. The minimum absolute atomic E-state index is 0.0926. The summed E-state index contributed by atoms with van der Waals surface area (Å²) in [6.45, 7) is 7.26. The van der Waals surface area contributed by atoms with Crippen LogP contribution in [0.25, 0.3) is 0 Å². The third kappa shape index (κ3) is 9.83. The van der Waals surface area contributed by atoms with Crippen molar-refractivity contribution in [3.05, 3.63) is 59.1 Å². The number of sulfonamides is 1. The molecule has 0 aromatic heterocycles. The van der Waals surface area contributed by atoms with Crippen LogP contribution < -0.4 is 14.4 Å². The third-order valence-corrected chi connectivity index (χ3v) is 7.52. The van der Waals surface area contributed by atoms with Crippen molar-refractivity contribution in [1.82, 2.24) is 10.2 Å². The average Bonchev–Trinajstić information content (AvgIpc) is 2.88. The predicted octanol–water partition coefficient (Wildman–Crippen LogP) is 5.01. The van der Waals surface area contributed by atoms with E-state index in [0.29, 0.717) is 42.5 Å². The number of rotatable bonds is 16. The van der Waals surface area contributed by atoms with Gasteiger partial charge in [0.15, 0.2) is 0 Å². The summed E-state index contributed by atoms with van der Waals surface area (Å²) in [6, 6.07) is 13.4. The smallest absolute Gasteiger partial charge is 0.242 e. The second-order valence-corrected chi connectivity index (χ2v) is 11.4. The molecule has 0 fully saturated rings. The van der Waals surface area contributed by atoms with Gasteiger partial charge in [-0.05, 0) is 68.1 Å². The van der Waals surface area contributed by atoms with Crippen LogP contribution in [0.2, 0.25) is 5.02 Å². The zero-order valence-electron chi connectivity index (χ0n) is 22.8. The zero-order chi connectivity index (χ0) is 28.1. The van der Waals surface area contributed by atoms with Crippen molar-refractivity contribution in [2.75, 3.05) is 30.3 Å². The number of ether oxygens (including phenoxy) is 1. The first kappa shape index (κ1) is 31.4. The van der Waals surface area contributed by atoms with Crippen LogP contribution in [0.1, 0.15) is 58.4 Å². The molecule has 210 valence electrons. The largest absolute Gasteiger partial charge is 0.494 e. The summed E-state index contributed by atoms with van der Waals surface area (Å²) in [4.78, 5) is 28.0. The van der Waals surface area contributed by atoms with Gasteiger partial charge in [0.05, 0.1) is 18.6 Å². The minimum atomic E-state index is -3.57. The van der Waals surface area contributed by atoms with Gasteiger partial charge in [0.25, 0.3) is 0 Å². The number of halogens is 1. The van der Waals surface area contributed by atoms with Gasteiger partial charge in [0.1, 0.15) is 11.8 Å². The lowest BCUT2D eigenvalue weighted by Crippen LogP contribution is -2.49. The van der Waals surface area contributed by atoms with Crippen LogP contribution >= 0.6 is 11.6 Å². The highest BCUT2D eigenvalue weighted by Crippen LogP contribution is 2.23.